The number of thiazole rings is 2. The summed E-state index contributed by atoms with van der Waals surface area (Å²) in [6.45, 7) is 2.67. The van der Waals surface area contributed by atoms with Crippen molar-refractivity contribution in [3.63, 3.8) is 0 Å². The Labute approximate surface area is 167 Å². The van der Waals surface area contributed by atoms with Crippen molar-refractivity contribution in [1.82, 2.24) is 30.2 Å². The van der Waals surface area contributed by atoms with Crippen molar-refractivity contribution in [3.05, 3.63) is 41.4 Å². The minimum atomic E-state index is -0.307. The van der Waals surface area contributed by atoms with Crippen molar-refractivity contribution < 1.29 is 9.53 Å². The van der Waals surface area contributed by atoms with Crippen LogP contribution in [0.1, 0.15) is 12.6 Å². The van der Waals surface area contributed by atoms with Crippen LogP contribution in [0.5, 0.6) is 5.88 Å². The molecule has 4 heterocycles. The van der Waals surface area contributed by atoms with Gasteiger partial charge in [0.1, 0.15) is 23.3 Å². The third-order valence-corrected chi connectivity index (χ3v) is 5.13. The van der Waals surface area contributed by atoms with Crippen LogP contribution in [0.25, 0.3) is 21.5 Å². The maximum absolute atomic E-state index is 11.8. The van der Waals surface area contributed by atoms with Gasteiger partial charge in [-0.2, -0.15) is 0 Å². The zero-order valence-corrected chi connectivity index (χ0v) is 16.4. The van der Waals surface area contributed by atoms with E-state index in [1.54, 1.807) is 17.9 Å². The first kappa shape index (κ1) is 18.2. The molecule has 11 heteroatoms. The summed E-state index contributed by atoms with van der Waals surface area (Å²) >= 11 is 2.78. The summed E-state index contributed by atoms with van der Waals surface area (Å²) in [6.07, 6.45) is 4.83. The highest BCUT2D eigenvalue weighted by Crippen LogP contribution is 2.34. The second kappa shape index (κ2) is 8.23. The number of pyridine rings is 1. The number of rotatable bonds is 6. The summed E-state index contributed by atoms with van der Waals surface area (Å²) in [7, 11) is 0. The largest absolute Gasteiger partial charge is 0.471 e. The van der Waals surface area contributed by atoms with Gasteiger partial charge in [0.2, 0.25) is 5.88 Å². The van der Waals surface area contributed by atoms with Crippen LogP contribution in [0.2, 0.25) is 0 Å². The lowest BCUT2D eigenvalue weighted by Gasteiger charge is -2.09. The maximum atomic E-state index is 11.8. The number of carbonyl (C=O) groups is 1. The van der Waals surface area contributed by atoms with Gasteiger partial charge in [0.15, 0.2) is 5.13 Å². The third-order valence-electron chi connectivity index (χ3n) is 3.62. The maximum Gasteiger partial charge on any atom is 0.321 e. The SMILES string of the molecule is CCNC(=O)Nc1nc2cc(-c3cncnc3)c(OCc3cscn3)nc2s1. The highest BCUT2D eigenvalue weighted by Gasteiger charge is 2.16. The van der Waals surface area contributed by atoms with Gasteiger partial charge in [-0.15, -0.1) is 11.3 Å². The van der Waals surface area contributed by atoms with Crippen LogP contribution >= 0.6 is 22.7 Å². The van der Waals surface area contributed by atoms with E-state index < -0.39 is 0 Å². The van der Waals surface area contributed by atoms with Gasteiger partial charge >= 0.3 is 6.03 Å². The Morgan fingerprint density at radius 1 is 1.25 bits per heavy atom. The Hall–Kier alpha value is -3.18. The molecule has 0 fully saturated rings. The fourth-order valence-corrected chi connectivity index (χ4v) is 3.76. The minimum absolute atomic E-state index is 0.297. The summed E-state index contributed by atoms with van der Waals surface area (Å²) in [6, 6.07) is 1.55. The molecule has 9 nitrogen and oxygen atoms in total. The van der Waals surface area contributed by atoms with E-state index in [0.29, 0.717) is 34.5 Å². The lowest BCUT2D eigenvalue weighted by atomic mass is 10.1. The summed E-state index contributed by atoms with van der Waals surface area (Å²) in [4.78, 5) is 33.8. The van der Waals surface area contributed by atoms with E-state index in [4.69, 9.17) is 4.74 Å². The lowest BCUT2D eigenvalue weighted by Crippen LogP contribution is -2.28. The molecular formula is C17H15N7O2S2. The van der Waals surface area contributed by atoms with Crippen LogP contribution in [0, 0.1) is 0 Å². The molecule has 0 aliphatic heterocycles. The topological polar surface area (TPSA) is 115 Å². The third kappa shape index (κ3) is 4.05. The van der Waals surface area contributed by atoms with Gasteiger partial charge in [0, 0.05) is 35.4 Å². The molecule has 0 radical (unpaired) electrons. The van der Waals surface area contributed by atoms with Crippen LogP contribution < -0.4 is 15.4 Å². The number of anilines is 1. The summed E-state index contributed by atoms with van der Waals surface area (Å²) < 4.78 is 5.93. The predicted octanol–water partition coefficient (Wildman–Crippen LogP) is 3.33. The van der Waals surface area contributed by atoms with Crippen molar-refractivity contribution in [2.24, 2.45) is 0 Å². The van der Waals surface area contributed by atoms with E-state index in [1.807, 2.05) is 18.4 Å². The number of ether oxygens (including phenoxy) is 1. The second-order valence-corrected chi connectivity index (χ2v) is 7.26. The van der Waals surface area contributed by atoms with Gasteiger partial charge < -0.3 is 10.1 Å². The number of fused-ring (bicyclic) bond motifs is 1. The summed E-state index contributed by atoms with van der Waals surface area (Å²) in [5, 5.41) is 7.76. The Bertz CT molecular complexity index is 1080. The summed E-state index contributed by atoms with van der Waals surface area (Å²) in [5.41, 5.74) is 4.71. The van der Waals surface area contributed by atoms with Crippen molar-refractivity contribution in [2.45, 2.75) is 13.5 Å². The molecule has 0 atom stereocenters. The second-order valence-electron chi connectivity index (χ2n) is 5.56. The molecule has 0 unspecified atom stereocenters. The molecule has 4 rings (SSSR count). The normalized spacial score (nSPS) is 10.8. The Balaban J connectivity index is 1.70. The molecule has 4 aromatic heterocycles. The van der Waals surface area contributed by atoms with Crippen LogP contribution in [-0.4, -0.2) is 37.5 Å². The van der Waals surface area contributed by atoms with Gasteiger partial charge in [-0.25, -0.2) is 29.7 Å². The number of nitrogens with one attached hydrogen (secondary N) is 2. The zero-order valence-electron chi connectivity index (χ0n) is 14.7. The highest BCUT2D eigenvalue weighted by molar-refractivity contribution is 7.22. The predicted molar refractivity (Wildman–Crippen MR) is 108 cm³/mol. The molecule has 0 aromatic carbocycles. The van der Waals surface area contributed by atoms with Crippen molar-refractivity contribution in [2.75, 3.05) is 11.9 Å². The minimum Gasteiger partial charge on any atom is -0.471 e. The van der Waals surface area contributed by atoms with Crippen LogP contribution in [0.3, 0.4) is 0 Å². The molecular weight excluding hydrogens is 398 g/mol. The quantitative estimate of drug-likeness (QED) is 0.498. The molecule has 0 saturated heterocycles. The van der Waals surface area contributed by atoms with Crippen LogP contribution in [-0.2, 0) is 6.61 Å². The van der Waals surface area contributed by atoms with Crippen molar-refractivity contribution in [1.29, 1.82) is 0 Å². The molecule has 0 aliphatic rings. The van der Waals surface area contributed by atoms with Crippen LogP contribution in [0.4, 0.5) is 9.93 Å². The van der Waals surface area contributed by atoms with Crippen LogP contribution in [0.15, 0.2) is 35.7 Å². The first-order chi connectivity index (χ1) is 13.7. The number of urea groups is 1. The average Bonchev–Trinajstić information content (AvgIpc) is 3.35. The first-order valence-electron chi connectivity index (χ1n) is 8.34. The zero-order chi connectivity index (χ0) is 19.3. The van der Waals surface area contributed by atoms with E-state index in [9.17, 15) is 4.79 Å². The highest BCUT2D eigenvalue weighted by atomic mass is 32.1. The van der Waals surface area contributed by atoms with E-state index in [-0.39, 0.29) is 6.03 Å². The van der Waals surface area contributed by atoms with Gasteiger partial charge in [-0.3, -0.25) is 5.32 Å². The van der Waals surface area contributed by atoms with Gasteiger partial charge in [0.05, 0.1) is 11.2 Å². The molecule has 0 saturated carbocycles. The molecule has 0 bridgehead atoms. The van der Waals surface area contributed by atoms with Gasteiger partial charge in [0.25, 0.3) is 0 Å². The molecule has 2 amide bonds. The number of nitrogens with zero attached hydrogens (tertiary/aromatic N) is 5. The smallest absolute Gasteiger partial charge is 0.321 e. The van der Waals surface area contributed by atoms with Crippen molar-refractivity contribution in [3.8, 4) is 17.0 Å². The van der Waals surface area contributed by atoms with Crippen molar-refractivity contribution >= 4 is 44.2 Å². The molecule has 0 spiro atoms. The monoisotopic (exact) mass is 413 g/mol. The van der Waals surface area contributed by atoms with E-state index in [0.717, 1.165) is 16.8 Å². The number of carbonyl (C=O) groups excluding carboxylic acids is 1. The first-order valence-corrected chi connectivity index (χ1v) is 10.1. The molecule has 2 N–H and O–H groups in total. The average molecular weight is 413 g/mol. The van der Waals surface area contributed by atoms with E-state index in [1.165, 1.54) is 29.0 Å². The molecule has 0 aliphatic carbocycles. The number of hydrogen-bond donors (Lipinski definition) is 2. The van der Waals surface area contributed by atoms with Gasteiger partial charge in [-0.05, 0) is 13.0 Å². The Kier molecular flexibility index (Phi) is 5.35. The lowest BCUT2D eigenvalue weighted by molar-refractivity contribution is 0.252. The fourth-order valence-electron chi connectivity index (χ4n) is 2.41. The molecule has 28 heavy (non-hydrogen) atoms. The summed E-state index contributed by atoms with van der Waals surface area (Å²) in [5.74, 6) is 0.434. The number of amides is 2. The van der Waals surface area contributed by atoms with Gasteiger partial charge in [-0.1, -0.05) is 11.3 Å². The molecule has 142 valence electrons. The standard InChI is InChI=1S/C17H15N7O2S2/c1-2-20-16(25)24-17-22-13-3-12(10-4-18-8-19-5-10)14(23-15(13)28-17)26-6-11-7-27-9-21-11/h3-5,7-9H,2,6H2,1H3,(H2,20,22,24,25). The fraction of sp³-hybridized carbons (Fsp3) is 0.176. The Morgan fingerprint density at radius 3 is 2.86 bits per heavy atom. The number of aromatic nitrogens is 5. The number of hydrogen-bond acceptors (Lipinski definition) is 9. The Morgan fingerprint density at radius 2 is 2.11 bits per heavy atom. The molecule has 4 aromatic rings. The van der Waals surface area contributed by atoms with E-state index in [2.05, 4.69) is 35.6 Å². The van der Waals surface area contributed by atoms with E-state index >= 15 is 0 Å².